The monoisotopic (exact) mass is 908 g/mol. The van der Waals surface area contributed by atoms with Crippen LogP contribution in [0.5, 0.6) is 0 Å². The highest BCUT2D eigenvalue weighted by Crippen LogP contribution is 2.17. The lowest BCUT2D eigenvalue weighted by Crippen LogP contribution is -2.46. The number of hydrogen-bond donors (Lipinski definition) is 3. The topological polar surface area (TPSA) is 95.9 Å². The lowest BCUT2D eigenvalue weighted by atomic mass is 10.0. The maximum Gasteiger partial charge on any atom is 0.306 e. The Labute approximate surface area is 402 Å². The molecule has 0 heterocycles. The molecule has 6 heteroatoms. The molecule has 0 aromatic carbocycles. The van der Waals surface area contributed by atoms with Crippen molar-refractivity contribution in [3.63, 3.8) is 0 Å². The fourth-order valence-corrected chi connectivity index (χ4v) is 8.10. The number of aliphatic hydroxyl groups is 2. The quantitative estimate of drug-likeness (QED) is 0.0321. The van der Waals surface area contributed by atoms with Crippen LogP contribution >= 0.6 is 0 Å². The van der Waals surface area contributed by atoms with Crippen LogP contribution in [-0.2, 0) is 14.3 Å². The van der Waals surface area contributed by atoms with Gasteiger partial charge in [-0.2, -0.15) is 0 Å². The minimum absolute atomic E-state index is 0.0334. The Balaban J connectivity index is 4.64. The fourth-order valence-electron chi connectivity index (χ4n) is 8.10. The average molecular weight is 908 g/mol. The van der Waals surface area contributed by atoms with Crippen LogP contribution in [0.4, 0.5) is 0 Å². The standard InChI is InChI=1S/C59H105NO5/c1-4-7-10-13-16-19-22-25-27-29-31-33-35-38-41-44-47-50-55(65-59(64)52-49-46-43-40-37-24-21-18-15-12-9-6-3)53-58(63)60-56(54-61)57(62)51-48-45-42-39-36-34-32-30-28-26-23-20-17-14-11-8-5-2/h7,10,16,18-19,21,25,27,31,33,38,41,55-57,61-62H,4-6,8-9,11-15,17,20,22-24,26,28-30,32,34-37,39-40,42-54H2,1-3H3,(H,60,63)/b10-7-,19-16-,21-18-,27-25-,33-31-,41-38-. The Morgan fingerprint density at radius 3 is 1.34 bits per heavy atom. The van der Waals surface area contributed by atoms with E-state index < -0.39 is 18.2 Å². The molecule has 0 aromatic heterocycles. The van der Waals surface area contributed by atoms with Gasteiger partial charge in [0, 0.05) is 6.42 Å². The molecule has 1 amide bonds. The second-order valence-electron chi connectivity index (χ2n) is 18.6. The molecule has 0 aliphatic heterocycles. The number of hydrogen-bond acceptors (Lipinski definition) is 5. The highest BCUT2D eigenvalue weighted by molar-refractivity contribution is 5.77. The van der Waals surface area contributed by atoms with E-state index >= 15 is 0 Å². The maximum absolute atomic E-state index is 13.2. The van der Waals surface area contributed by atoms with Gasteiger partial charge in [0.25, 0.3) is 0 Å². The molecule has 0 saturated carbocycles. The fraction of sp³-hybridized carbons (Fsp3) is 0.763. The molecule has 6 nitrogen and oxygen atoms in total. The third kappa shape index (κ3) is 47.6. The summed E-state index contributed by atoms with van der Waals surface area (Å²) in [5.74, 6) is -0.539. The lowest BCUT2D eigenvalue weighted by Gasteiger charge is -2.24. The van der Waals surface area contributed by atoms with Crippen molar-refractivity contribution in [3.05, 3.63) is 72.9 Å². The summed E-state index contributed by atoms with van der Waals surface area (Å²) in [6.45, 7) is 6.34. The van der Waals surface area contributed by atoms with Gasteiger partial charge < -0.3 is 20.3 Å². The summed E-state index contributed by atoms with van der Waals surface area (Å²) >= 11 is 0. The molecule has 0 aromatic rings. The van der Waals surface area contributed by atoms with Crippen molar-refractivity contribution in [1.82, 2.24) is 5.32 Å². The number of rotatable bonds is 49. The minimum Gasteiger partial charge on any atom is -0.462 e. The second kappa shape index (κ2) is 52.3. The van der Waals surface area contributed by atoms with Crippen molar-refractivity contribution in [2.75, 3.05) is 6.61 Å². The van der Waals surface area contributed by atoms with Crippen molar-refractivity contribution in [3.8, 4) is 0 Å². The highest BCUT2D eigenvalue weighted by atomic mass is 16.5. The molecular formula is C59H105NO5. The Hall–Kier alpha value is -2.70. The molecule has 0 aliphatic rings. The second-order valence-corrected chi connectivity index (χ2v) is 18.6. The number of carbonyl (C=O) groups excluding carboxylic acids is 2. The SMILES string of the molecule is CC/C=C\C/C=C\C/C=C\C/C=C\C/C=C\CCCC(CC(=O)NC(CO)C(O)CCCCCCCCCCCCCCCCCCC)OC(=O)CCCCCCC/C=C\CCCCC. The maximum atomic E-state index is 13.2. The number of aliphatic hydroxyl groups excluding tert-OH is 2. The number of carbonyl (C=O) groups is 2. The predicted octanol–water partition coefficient (Wildman–Crippen LogP) is 17.0. The van der Waals surface area contributed by atoms with Crippen molar-refractivity contribution in [1.29, 1.82) is 0 Å². The van der Waals surface area contributed by atoms with Crippen molar-refractivity contribution in [2.24, 2.45) is 0 Å². The molecule has 0 radical (unpaired) electrons. The van der Waals surface area contributed by atoms with Crippen molar-refractivity contribution >= 4 is 11.9 Å². The van der Waals surface area contributed by atoms with Gasteiger partial charge in [-0.15, -0.1) is 0 Å². The number of unbranched alkanes of at least 4 members (excludes halogenated alkanes) is 25. The van der Waals surface area contributed by atoms with Crippen LogP contribution in [0.2, 0.25) is 0 Å². The van der Waals surface area contributed by atoms with Crippen LogP contribution in [0, 0.1) is 0 Å². The van der Waals surface area contributed by atoms with E-state index in [9.17, 15) is 19.8 Å². The van der Waals surface area contributed by atoms with E-state index in [1.165, 1.54) is 128 Å². The minimum atomic E-state index is -0.807. The van der Waals surface area contributed by atoms with E-state index in [2.05, 4.69) is 99.0 Å². The summed E-state index contributed by atoms with van der Waals surface area (Å²) < 4.78 is 5.91. The summed E-state index contributed by atoms with van der Waals surface area (Å²) in [6.07, 6.45) is 66.8. The predicted molar refractivity (Wildman–Crippen MR) is 282 cm³/mol. The summed E-state index contributed by atoms with van der Waals surface area (Å²) in [6, 6.07) is -0.724. The molecule has 0 rings (SSSR count). The van der Waals surface area contributed by atoms with Gasteiger partial charge in [0.2, 0.25) is 5.91 Å². The molecule has 3 N–H and O–H groups in total. The number of ether oxygens (including phenoxy) is 1. The molecule has 3 unspecified atom stereocenters. The Morgan fingerprint density at radius 1 is 0.462 bits per heavy atom. The highest BCUT2D eigenvalue weighted by Gasteiger charge is 2.24. The van der Waals surface area contributed by atoms with Crippen LogP contribution in [0.1, 0.15) is 265 Å². The van der Waals surface area contributed by atoms with Crippen LogP contribution in [0.25, 0.3) is 0 Å². The number of amides is 1. The Morgan fingerprint density at radius 2 is 0.846 bits per heavy atom. The van der Waals surface area contributed by atoms with Crippen molar-refractivity contribution in [2.45, 2.75) is 283 Å². The van der Waals surface area contributed by atoms with Gasteiger partial charge in [-0.05, 0) is 89.9 Å². The third-order valence-corrected chi connectivity index (χ3v) is 12.3. The van der Waals surface area contributed by atoms with E-state index in [1.807, 2.05) is 0 Å². The Kier molecular flexibility index (Phi) is 50.1. The van der Waals surface area contributed by atoms with Gasteiger partial charge in [-0.1, -0.05) is 235 Å². The summed E-state index contributed by atoms with van der Waals surface area (Å²) in [5, 5.41) is 23.8. The zero-order chi connectivity index (χ0) is 47.4. The molecule has 376 valence electrons. The Bertz CT molecular complexity index is 1200. The lowest BCUT2D eigenvalue weighted by molar-refractivity contribution is -0.151. The smallest absolute Gasteiger partial charge is 0.306 e. The summed E-state index contributed by atoms with van der Waals surface area (Å²) in [7, 11) is 0. The van der Waals surface area contributed by atoms with Gasteiger partial charge in [0.15, 0.2) is 0 Å². The zero-order valence-electron chi connectivity index (χ0n) is 42.9. The first kappa shape index (κ1) is 62.3. The average Bonchev–Trinajstić information content (AvgIpc) is 3.30. The molecule has 0 fully saturated rings. The third-order valence-electron chi connectivity index (χ3n) is 12.3. The van der Waals surface area contributed by atoms with Crippen LogP contribution in [0.15, 0.2) is 72.9 Å². The van der Waals surface area contributed by atoms with Gasteiger partial charge in [0.05, 0.1) is 25.2 Å². The normalized spacial score (nSPS) is 13.7. The summed E-state index contributed by atoms with van der Waals surface area (Å²) in [5.41, 5.74) is 0. The van der Waals surface area contributed by atoms with Crippen molar-refractivity contribution < 1.29 is 24.5 Å². The number of allylic oxidation sites excluding steroid dienone is 12. The first-order valence-corrected chi connectivity index (χ1v) is 27.7. The van der Waals surface area contributed by atoms with E-state index in [1.54, 1.807) is 0 Å². The molecule has 0 bridgehead atoms. The molecule has 0 aliphatic carbocycles. The molecular weight excluding hydrogens is 803 g/mol. The van der Waals surface area contributed by atoms with Crippen LogP contribution in [-0.4, -0.2) is 46.9 Å². The molecule has 0 saturated heterocycles. The molecule has 65 heavy (non-hydrogen) atoms. The molecule has 3 atom stereocenters. The largest absolute Gasteiger partial charge is 0.462 e. The van der Waals surface area contributed by atoms with Gasteiger partial charge in [-0.3, -0.25) is 9.59 Å². The first-order chi connectivity index (χ1) is 32.0. The van der Waals surface area contributed by atoms with Gasteiger partial charge >= 0.3 is 5.97 Å². The van der Waals surface area contributed by atoms with E-state index in [0.29, 0.717) is 19.3 Å². The molecule has 0 spiro atoms. The zero-order valence-corrected chi connectivity index (χ0v) is 42.9. The first-order valence-electron chi connectivity index (χ1n) is 27.7. The van der Waals surface area contributed by atoms with Gasteiger partial charge in [-0.25, -0.2) is 0 Å². The van der Waals surface area contributed by atoms with E-state index in [0.717, 1.165) is 89.9 Å². The van der Waals surface area contributed by atoms with Crippen LogP contribution < -0.4 is 5.32 Å². The van der Waals surface area contributed by atoms with E-state index in [4.69, 9.17) is 4.74 Å². The van der Waals surface area contributed by atoms with E-state index in [-0.39, 0.29) is 24.9 Å². The number of esters is 1. The number of nitrogens with one attached hydrogen (secondary N) is 1. The van der Waals surface area contributed by atoms with Crippen LogP contribution in [0.3, 0.4) is 0 Å². The van der Waals surface area contributed by atoms with Gasteiger partial charge in [0.1, 0.15) is 6.10 Å². The summed E-state index contributed by atoms with van der Waals surface area (Å²) in [4.78, 5) is 26.2.